The van der Waals surface area contributed by atoms with Gasteiger partial charge in [-0.25, -0.2) is 14.4 Å². The highest BCUT2D eigenvalue weighted by Crippen LogP contribution is 2.33. The maximum Gasteiger partial charge on any atom is 0.221 e. The molecule has 0 radical (unpaired) electrons. The summed E-state index contributed by atoms with van der Waals surface area (Å²) in [6.07, 6.45) is 5.41. The third-order valence-electron chi connectivity index (χ3n) is 4.03. The maximum atomic E-state index is 14.4. The molecule has 1 N–H and O–H groups in total. The second kappa shape index (κ2) is 6.99. The molecule has 1 aromatic carbocycles. The van der Waals surface area contributed by atoms with Crippen molar-refractivity contribution in [1.82, 2.24) is 9.97 Å². The molecule has 2 aliphatic heterocycles. The average molecular weight is 385 g/mol. The number of benzene rings is 1. The van der Waals surface area contributed by atoms with E-state index < -0.39 is 5.82 Å². The standard InChI is InChI=1S/C18H16FN5O2S/c1-10(25)22-12-3-4-14(13(19)8-12)26-15-7-11-9-21-18(27-2)23-16(11)24-6-5-20-17(15)24/h3-4,7-9H,5-6H2,1-2H3,(H,22,25). The predicted molar refractivity (Wildman–Crippen MR) is 103 cm³/mol. The first-order valence-electron chi connectivity index (χ1n) is 8.25. The van der Waals surface area contributed by atoms with Crippen LogP contribution in [0.3, 0.4) is 0 Å². The van der Waals surface area contributed by atoms with Crippen LogP contribution >= 0.6 is 11.8 Å². The van der Waals surface area contributed by atoms with Crippen LogP contribution in [0, 0.1) is 5.82 Å². The first-order valence-corrected chi connectivity index (χ1v) is 9.47. The molecule has 0 saturated heterocycles. The van der Waals surface area contributed by atoms with Crippen LogP contribution in [0.1, 0.15) is 12.5 Å². The van der Waals surface area contributed by atoms with E-state index in [1.54, 1.807) is 18.3 Å². The molecule has 2 aromatic rings. The highest BCUT2D eigenvalue weighted by atomic mass is 32.2. The normalized spacial score (nSPS) is 14.9. The van der Waals surface area contributed by atoms with E-state index >= 15 is 0 Å². The number of aliphatic imine (C=N–C) groups is 1. The van der Waals surface area contributed by atoms with Gasteiger partial charge in [-0.05, 0) is 24.5 Å². The van der Waals surface area contributed by atoms with Gasteiger partial charge in [0, 0.05) is 37.0 Å². The Labute approximate surface area is 159 Å². The zero-order chi connectivity index (χ0) is 19.0. The molecule has 0 fully saturated rings. The average Bonchev–Trinajstić information content (AvgIpc) is 3.13. The van der Waals surface area contributed by atoms with Crippen molar-refractivity contribution in [3.05, 3.63) is 41.5 Å². The molecule has 7 nitrogen and oxygen atoms in total. The second-order valence-corrected chi connectivity index (χ2v) is 6.70. The monoisotopic (exact) mass is 385 g/mol. The lowest BCUT2D eigenvalue weighted by Crippen LogP contribution is -2.34. The molecular formula is C18H16FN5O2S. The number of anilines is 2. The third-order valence-corrected chi connectivity index (χ3v) is 4.59. The van der Waals surface area contributed by atoms with E-state index in [0.29, 0.717) is 35.5 Å². The Hall–Kier alpha value is -2.94. The summed E-state index contributed by atoms with van der Waals surface area (Å²) in [5, 5.41) is 3.22. The minimum Gasteiger partial charge on any atom is -0.450 e. The quantitative estimate of drug-likeness (QED) is 0.644. The van der Waals surface area contributed by atoms with Gasteiger partial charge in [0.25, 0.3) is 0 Å². The Morgan fingerprint density at radius 1 is 1.41 bits per heavy atom. The molecule has 1 amide bonds. The summed E-state index contributed by atoms with van der Waals surface area (Å²) in [7, 11) is 0. The molecule has 27 heavy (non-hydrogen) atoms. The Morgan fingerprint density at radius 2 is 2.26 bits per heavy atom. The minimum atomic E-state index is -0.577. The van der Waals surface area contributed by atoms with Crippen molar-refractivity contribution < 1.29 is 13.9 Å². The molecule has 0 bridgehead atoms. The van der Waals surface area contributed by atoms with Crippen molar-refractivity contribution in [2.24, 2.45) is 4.99 Å². The summed E-state index contributed by atoms with van der Waals surface area (Å²) in [6.45, 7) is 2.65. The van der Waals surface area contributed by atoms with Crippen molar-refractivity contribution >= 4 is 41.1 Å². The Balaban J connectivity index is 1.67. The van der Waals surface area contributed by atoms with Crippen LogP contribution in [0.25, 0.3) is 6.08 Å². The van der Waals surface area contributed by atoms with Crippen molar-refractivity contribution in [2.75, 3.05) is 29.6 Å². The molecule has 138 valence electrons. The highest BCUT2D eigenvalue weighted by molar-refractivity contribution is 7.98. The summed E-state index contributed by atoms with van der Waals surface area (Å²) in [4.78, 5) is 26.4. The van der Waals surface area contributed by atoms with Crippen molar-refractivity contribution in [3.8, 4) is 5.75 Å². The van der Waals surface area contributed by atoms with Gasteiger partial charge in [-0.3, -0.25) is 9.79 Å². The lowest BCUT2D eigenvalue weighted by molar-refractivity contribution is -0.114. The van der Waals surface area contributed by atoms with E-state index in [-0.39, 0.29) is 11.7 Å². The van der Waals surface area contributed by atoms with Crippen LogP contribution in [-0.4, -0.2) is 41.1 Å². The van der Waals surface area contributed by atoms with E-state index in [1.807, 2.05) is 11.2 Å². The molecular weight excluding hydrogens is 369 g/mol. The van der Waals surface area contributed by atoms with Gasteiger partial charge in [0.1, 0.15) is 5.82 Å². The summed E-state index contributed by atoms with van der Waals surface area (Å²) in [5.74, 6) is 1.04. The largest absolute Gasteiger partial charge is 0.450 e. The fourth-order valence-corrected chi connectivity index (χ4v) is 3.25. The van der Waals surface area contributed by atoms with Crippen LogP contribution in [0.2, 0.25) is 0 Å². The number of carbonyl (C=O) groups is 1. The molecule has 0 atom stereocenters. The summed E-state index contributed by atoms with van der Waals surface area (Å²) < 4.78 is 20.2. The third kappa shape index (κ3) is 3.37. The highest BCUT2D eigenvalue weighted by Gasteiger charge is 2.31. The van der Waals surface area contributed by atoms with Crippen LogP contribution < -0.4 is 15.0 Å². The fraction of sp³-hybridized carbons (Fsp3) is 0.222. The molecule has 0 spiro atoms. The van der Waals surface area contributed by atoms with Gasteiger partial charge in [0.2, 0.25) is 5.91 Å². The molecule has 0 unspecified atom stereocenters. The topological polar surface area (TPSA) is 79.7 Å². The molecule has 0 saturated carbocycles. The van der Waals surface area contributed by atoms with Crippen LogP contribution in [-0.2, 0) is 4.79 Å². The molecule has 0 aliphatic carbocycles. The Morgan fingerprint density at radius 3 is 3.00 bits per heavy atom. The van der Waals surface area contributed by atoms with Crippen LogP contribution in [0.4, 0.5) is 15.9 Å². The molecule has 1 aromatic heterocycles. The number of amides is 1. The first kappa shape index (κ1) is 17.5. The Bertz CT molecular complexity index is 992. The number of aromatic nitrogens is 2. The van der Waals surface area contributed by atoms with E-state index in [4.69, 9.17) is 4.74 Å². The number of ether oxygens (including phenoxy) is 1. The minimum absolute atomic E-state index is 0.0509. The van der Waals surface area contributed by atoms with E-state index in [0.717, 1.165) is 11.4 Å². The number of rotatable bonds is 4. The van der Waals surface area contributed by atoms with Gasteiger partial charge >= 0.3 is 0 Å². The van der Waals surface area contributed by atoms with Gasteiger partial charge in [0.05, 0.1) is 6.54 Å². The van der Waals surface area contributed by atoms with E-state index in [1.165, 1.54) is 30.8 Å². The SMILES string of the molecule is CSc1ncc2c(n1)N1CCN=C1C(Oc1ccc(NC(C)=O)cc1F)=C2. The zero-order valence-corrected chi connectivity index (χ0v) is 15.5. The van der Waals surface area contributed by atoms with Gasteiger partial charge in [-0.15, -0.1) is 0 Å². The number of amidine groups is 1. The number of nitrogens with zero attached hydrogens (tertiary/aromatic N) is 4. The number of hydrogen-bond acceptors (Lipinski definition) is 7. The smallest absolute Gasteiger partial charge is 0.221 e. The number of halogens is 1. The number of fused-ring (bicyclic) bond motifs is 3. The zero-order valence-electron chi connectivity index (χ0n) is 14.7. The molecule has 9 heteroatoms. The number of thioether (sulfide) groups is 1. The lowest BCUT2D eigenvalue weighted by Gasteiger charge is -2.26. The molecule has 4 rings (SSSR count). The van der Waals surface area contributed by atoms with Crippen LogP contribution in [0.5, 0.6) is 5.75 Å². The number of nitrogens with one attached hydrogen (secondary N) is 1. The first-order chi connectivity index (χ1) is 13.0. The second-order valence-electron chi connectivity index (χ2n) is 5.93. The fourth-order valence-electron chi connectivity index (χ4n) is 2.91. The van der Waals surface area contributed by atoms with Gasteiger partial charge in [-0.2, -0.15) is 0 Å². The summed E-state index contributed by atoms with van der Waals surface area (Å²) in [6, 6.07) is 4.28. The maximum absolute atomic E-state index is 14.4. The van der Waals surface area contributed by atoms with Crippen molar-refractivity contribution in [1.29, 1.82) is 0 Å². The lowest BCUT2D eigenvalue weighted by atomic mass is 10.1. The molecule has 3 heterocycles. The van der Waals surface area contributed by atoms with Gasteiger partial charge in [-0.1, -0.05) is 11.8 Å². The van der Waals surface area contributed by atoms with Crippen molar-refractivity contribution in [3.63, 3.8) is 0 Å². The predicted octanol–water partition coefficient (Wildman–Crippen LogP) is 2.95. The van der Waals surface area contributed by atoms with Crippen LogP contribution in [0.15, 0.2) is 40.3 Å². The summed E-state index contributed by atoms with van der Waals surface area (Å²) in [5.41, 5.74) is 1.16. The van der Waals surface area contributed by atoms with Crippen molar-refractivity contribution in [2.45, 2.75) is 12.1 Å². The Kier molecular flexibility index (Phi) is 4.53. The number of hydrogen-bond donors (Lipinski definition) is 1. The number of carbonyl (C=O) groups excluding carboxylic acids is 1. The molecule has 2 aliphatic rings. The summed E-state index contributed by atoms with van der Waals surface area (Å²) >= 11 is 1.47. The van der Waals surface area contributed by atoms with E-state index in [9.17, 15) is 9.18 Å². The van der Waals surface area contributed by atoms with E-state index in [2.05, 4.69) is 20.3 Å². The van der Waals surface area contributed by atoms with Gasteiger partial charge < -0.3 is 15.0 Å². The van der Waals surface area contributed by atoms with Gasteiger partial charge in [0.15, 0.2) is 28.3 Å².